The molecule has 0 aliphatic carbocycles. The number of hydrogen-bond donors (Lipinski definition) is 1. The van der Waals surface area contributed by atoms with E-state index in [4.69, 9.17) is 30.5 Å². The summed E-state index contributed by atoms with van der Waals surface area (Å²) in [6.45, 7) is 5.64. The maximum atomic E-state index is 13.8. The van der Waals surface area contributed by atoms with Crippen molar-refractivity contribution in [2.24, 2.45) is 0 Å². The van der Waals surface area contributed by atoms with E-state index in [0.29, 0.717) is 75.7 Å². The molecule has 1 aromatic heterocycles. The van der Waals surface area contributed by atoms with Crippen LogP contribution in [0.1, 0.15) is 55.8 Å². The van der Waals surface area contributed by atoms with E-state index in [2.05, 4.69) is 17.1 Å². The number of Topliss-reactive ketones (excluding diaryl/α,β-unsaturated/α-hetero) is 1. The average molecular weight is 708 g/mol. The van der Waals surface area contributed by atoms with Crippen LogP contribution in [0.25, 0.3) is 5.76 Å². The van der Waals surface area contributed by atoms with E-state index < -0.39 is 17.7 Å². The van der Waals surface area contributed by atoms with Gasteiger partial charge in [0.2, 0.25) is 5.13 Å². The Morgan fingerprint density at radius 2 is 1.81 bits per heavy atom. The first-order valence-corrected chi connectivity index (χ1v) is 17.9. The van der Waals surface area contributed by atoms with Crippen molar-refractivity contribution in [3.63, 3.8) is 0 Å². The number of unbranched alkanes of at least 4 members (excludes halogenated alkanes) is 2. The molecule has 48 heavy (non-hydrogen) atoms. The Kier molecular flexibility index (Phi) is 10.7. The second kappa shape index (κ2) is 15.3. The van der Waals surface area contributed by atoms with Gasteiger partial charge < -0.3 is 24.1 Å². The smallest absolute Gasteiger partial charge is 0.301 e. The lowest BCUT2D eigenvalue weighted by Gasteiger charge is -2.24. The number of aliphatic hydroxyl groups is 1. The fourth-order valence-electron chi connectivity index (χ4n) is 5.42. The lowest BCUT2D eigenvalue weighted by Crippen LogP contribution is -2.29. The summed E-state index contributed by atoms with van der Waals surface area (Å²) in [5.74, 6) is 0.470. The lowest BCUT2D eigenvalue weighted by molar-refractivity contribution is -0.132. The summed E-state index contributed by atoms with van der Waals surface area (Å²) >= 11 is 8.94. The third kappa shape index (κ3) is 7.11. The summed E-state index contributed by atoms with van der Waals surface area (Å²) in [4.78, 5) is 28.9. The minimum atomic E-state index is -1.04. The Morgan fingerprint density at radius 3 is 2.60 bits per heavy atom. The van der Waals surface area contributed by atoms with Crippen molar-refractivity contribution in [2.75, 3.05) is 31.3 Å². The number of ketones is 1. The molecule has 0 spiro atoms. The van der Waals surface area contributed by atoms with Crippen molar-refractivity contribution in [3.8, 4) is 23.0 Å². The topological polar surface area (TPSA) is 120 Å². The Morgan fingerprint density at radius 1 is 1.00 bits per heavy atom. The highest BCUT2D eigenvalue weighted by atomic mass is 35.5. The van der Waals surface area contributed by atoms with Crippen molar-refractivity contribution < 1.29 is 33.6 Å². The molecular weight excluding hydrogens is 674 g/mol. The number of aliphatic hydroxyl groups excluding tert-OH is 1. The molecule has 0 radical (unpaired) electrons. The summed E-state index contributed by atoms with van der Waals surface area (Å²) in [6, 6.07) is 16.7. The molecule has 1 atom stereocenters. The van der Waals surface area contributed by atoms with Gasteiger partial charge in [-0.15, -0.1) is 10.2 Å². The number of halogens is 1. The monoisotopic (exact) mass is 707 g/mol. The van der Waals surface area contributed by atoms with Gasteiger partial charge in [-0.25, -0.2) is 0 Å². The number of carbonyl (C=O) groups is 2. The molecule has 2 aliphatic heterocycles. The second-order valence-corrected chi connectivity index (χ2v) is 13.5. The summed E-state index contributed by atoms with van der Waals surface area (Å²) in [5, 5.41) is 21.2. The van der Waals surface area contributed by atoms with Gasteiger partial charge in [-0.2, -0.15) is 0 Å². The first kappa shape index (κ1) is 33.6. The highest BCUT2D eigenvalue weighted by molar-refractivity contribution is 8.00. The molecule has 1 saturated heterocycles. The molecule has 0 bridgehead atoms. The summed E-state index contributed by atoms with van der Waals surface area (Å²) in [6.07, 6.45) is 3.00. The van der Waals surface area contributed by atoms with E-state index in [1.807, 2.05) is 31.2 Å². The number of thioether (sulfide) groups is 1. The van der Waals surface area contributed by atoms with Crippen LogP contribution in [-0.2, 0) is 15.3 Å². The Hall–Kier alpha value is -4.26. The molecule has 1 fully saturated rings. The van der Waals surface area contributed by atoms with Crippen molar-refractivity contribution in [2.45, 2.75) is 49.2 Å². The molecular formula is C35H34ClN3O7S2. The van der Waals surface area contributed by atoms with Crippen LogP contribution < -0.4 is 23.8 Å². The van der Waals surface area contributed by atoms with Crippen molar-refractivity contribution >= 4 is 57.3 Å². The number of ether oxygens (including phenoxy) is 4. The Balaban J connectivity index is 1.40. The third-order valence-electron chi connectivity index (χ3n) is 7.76. The van der Waals surface area contributed by atoms with Crippen LogP contribution >= 0.6 is 34.7 Å². The zero-order chi connectivity index (χ0) is 33.6. The molecule has 3 heterocycles. The highest BCUT2D eigenvalue weighted by Gasteiger charge is 2.48. The number of amides is 1. The Bertz CT molecular complexity index is 1850. The van der Waals surface area contributed by atoms with E-state index in [0.717, 1.165) is 24.8 Å². The normalized spacial score (nSPS) is 16.7. The van der Waals surface area contributed by atoms with Crippen molar-refractivity contribution in [1.29, 1.82) is 0 Å². The largest absolute Gasteiger partial charge is 0.507 e. The molecule has 6 rings (SSSR count). The molecule has 1 unspecified atom stereocenters. The van der Waals surface area contributed by atoms with E-state index in [1.165, 1.54) is 28.0 Å². The maximum Gasteiger partial charge on any atom is 0.301 e. The van der Waals surface area contributed by atoms with Gasteiger partial charge in [-0.05, 0) is 60.9 Å². The predicted molar refractivity (Wildman–Crippen MR) is 186 cm³/mol. The molecule has 250 valence electrons. The molecule has 1 N–H and O–H groups in total. The minimum absolute atomic E-state index is 0.101. The van der Waals surface area contributed by atoms with Gasteiger partial charge in [-0.3, -0.25) is 14.5 Å². The van der Waals surface area contributed by atoms with E-state index in [-0.39, 0.29) is 16.5 Å². The van der Waals surface area contributed by atoms with Crippen LogP contribution in [0.2, 0.25) is 5.02 Å². The second-order valence-electron chi connectivity index (χ2n) is 11.0. The first-order chi connectivity index (χ1) is 23.4. The van der Waals surface area contributed by atoms with Gasteiger partial charge in [-0.1, -0.05) is 78.7 Å². The van der Waals surface area contributed by atoms with Crippen molar-refractivity contribution in [1.82, 2.24) is 10.2 Å². The zero-order valence-corrected chi connectivity index (χ0v) is 28.8. The number of benzene rings is 3. The number of carbonyl (C=O) groups excluding carboxylic acids is 2. The van der Waals surface area contributed by atoms with Gasteiger partial charge in [0.15, 0.2) is 27.3 Å². The number of nitrogens with zero attached hydrogens (tertiary/aromatic N) is 3. The highest BCUT2D eigenvalue weighted by Crippen LogP contribution is 2.46. The van der Waals surface area contributed by atoms with Crippen LogP contribution in [0.3, 0.4) is 0 Å². The molecule has 1 amide bonds. The van der Waals surface area contributed by atoms with E-state index in [1.54, 1.807) is 36.4 Å². The van der Waals surface area contributed by atoms with Crippen LogP contribution in [0.4, 0.5) is 5.13 Å². The van der Waals surface area contributed by atoms with Gasteiger partial charge in [0.25, 0.3) is 5.78 Å². The van der Waals surface area contributed by atoms with Gasteiger partial charge in [0.1, 0.15) is 19.0 Å². The molecule has 3 aromatic carbocycles. The Labute approximate surface area is 291 Å². The number of rotatable bonds is 13. The zero-order valence-electron chi connectivity index (χ0n) is 26.4. The van der Waals surface area contributed by atoms with Gasteiger partial charge in [0.05, 0.1) is 24.8 Å². The number of fused-ring (bicyclic) bond motifs is 1. The number of hydrogen-bond acceptors (Lipinski definition) is 11. The van der Waals surface area contributed by atoms with Crippen LogP contribution in [0, 0.1) is 0 Å². The average Bonchev–Trinajstić information content (AvgIpc) is 3.67. The van der Waals surface area contributed by atoms with Crippen LogP contribution in [0.5, 0.6) is 23.0 Å². The summed E-state index contributed by atoms with van der Waals surface area (Å²) < 4.78 is 23.9. The molecule has 2 aliphatic rings. The summed E-state index contributed by atoms with van der Waals surface area (Å²) in [5.41, 5.74) is 1.66. The van der Waals surface area contributed by atoms with Crippen molar-refractivity contribution in [3.05, 3.63) is 87.9 Å². The predicted octanol–water partition coefficient (Wildman–Crippen LogP) is 7.85. The van der Waals surface area contributed by atoms with E-state index in [9.17, 15) is 14.7 Å². The lowest BCUT2D eigenvalue weighted by atomic mass is 9.95. The first-order valence-electron chi connectivity index (χ1n) is 15.7. The fourth-order valence-corrected chi connectivity index (χ4v) is 7.57. The van der Waals surface area contributed by atoms with E-state index >= 15 is 0 Å². The summed E-state index contributed by atoms with van der Waals surface area (Å²) in [7, 11) is 0. The molecule has 10 nitrogen and oxygen atoms in total. The minimum Gasteiger partial charge on any atom is -0.507 e. The van der Waals surface area contributed by atoms with Crippen LogP contribution in [-0.4, -0.2) is 53.4 Å². The maximum absolute atomic E-state index is 13.8. The number of anilines is 1. The number of aromatic nitrogens is 2. The fraction of sp³-hybridized carbons (Fsp3) is 0.314. The SMILES string of the molecule is CCCCCOc1ccc(C2/C(=C(/O)c3ccc4c(c3)OCCO4)C(=O)C(=O)N2c2nnc(SCc3ccccc3Cl)s2)cc1OCC. The quantitative estimate of drug-likeness (QED) is 0.0367. The third-order valence-corrected chi connectivity index (χ3v) is 10.2. The molecule has 13 heteroatoms. The van der Waals surface area contributed by atoms with Gasteiger partial charge >= 0.3 is 5.91 Å². The molecule has 0 saturated carbocycles. The molecule has 4 aromatic rings. The standard InChI is InChI=1S/C35H34ClN3O7S2/c1-3-5-8-15-44-25-13-11-21(18-27(25)43-4-2)30-29(31(40)22-12-14-26-28(19-22)46-17-16-45-26)32(41)33(42)39(30)34-37-38-35(48-34)47-20-23-9-6-7-10-24(23)36/h6-7,9-14,18-19,30,40H,3-5,8,15-17,20H2,1-2H3/b31-29-. The van der Waals surface area contributed by atoms with Crippen LogP contribution in [0.15, 0.2) is 70.6 Å². The van der Waals surface area contributed by atoms with Gasteiger partial charge in [0, 0.05) is 16.3 Å².